The number of amides is 4. The van der Waals surface area contributed by atoms with E-state index in [-0.39, 0.29) is 24.9 Å². The molecule has 30 heavy (non-hydrogen) atoms. The zero-order valence-electron chi connectivity index (χ0n) is 16.1. The monoisotopic (exact) mass is 422 g/mol. The molecule has 2 aliphatic heterocycles. The van der Waals surface area contributed by atoms with Gasteiger partial charge in [0.25, 0.3) is 11.8 Å². The van der Waals surface area contributed by atoms with Crippen molar-refractivity contribution in [2.24, 2.45) is 0 Å². The lowest BCUT2D eigenvalue weighted by Gasteiger charge is -2.38. The smallest absolute Gasteiger partial charge is 0.325 e. The Morgan fingerprint density at radius 2 is 1.83 bits per heavy atom. The Bertz CT molecular complexity index is 1050. The molecule has 0 aliphatic carbocycles. The average molecular weight is 423 g/mol. The molecule has 2 aromatic carbocycles. The number of benzene rings is 2. The van der Waals surface area contributed by atoms with E-state index in [2.05, 4.69) is 5.32 Å². The minimum atomic E-state index is -1.11. The van der Waals surface area contributed by atoms with Gasteiger partial charge < -0.3 is 10.2 Å². The van der Waals surface area contributed by atoms with E-state index in [4.69, 9.17) is 16.9 Å². The van der Waals surface area contributed by atoms with Crippen molar-refractivity contribution in [2.45, 2.75) is 24.9 Å². The molecule has 2 saturated heterocycles. The van der Waals surface area contributed by atoms with Gasteiger partial charge in [-0.15, -0.1) is 0 Å². The number of rotatable bonds is 3. The number of piperidine rings is 1. The fourth-order valence-electron chi connectivity index (χ4n) is 3.97. The Kier molecular flexibility index (Phi) is 5.18. The third-order valence-electron chi connectivity index (χ3n) is 5.54. The van der Waals surface area contributed by atoms with Crippen molar-refractivity contribution in [1.29, 1.82) is 5.26 Å². The zero-order valence-corrected chi connectivity index (χ0v) is 16.9. The maximum atomic E-state index is 13.2. The molecule has 2 heterocycles. The van der Waals surface area contributed by atoms with E-state index in [9.17, 15) is 14.4 Å². The van der Waals surface area contributed by atoms with E-state index in [0.717, 1.165) is 5.56 Å². The number of likely N-dealkylation sites (tertiary alicyclic amines) is 1. The summed E-state index contributed by atoms with van der Waals surface area (Å²) in [6.07, 6.45) is 1.08. The van der Waals surface area contributed by atoms with Crippen LogP contribution in [0.5, 0.6) is 0 Å². The number of nitrogens with zero attached hydrogens (tertiary/aromatic N) is 3. The minimum Gasteiger partial charge on any atom is -0.336 e. The van der Waals surface area contributed by atoms with Gasteiger partial charge in [-0.25, -0.2) is 4.79 Å². The van der Waals surface area contributed by atoms with E-state index >= 15 is 0 Å². The number of carbonyl (C=O) groups is 3. The Hall–Kier alpha value is -3.37. The Labute approximate surface area is 178 Å². The molecule has 1 atom stereocenters. The molecule has 2 aromatic rings. The standard InChI is InChI=1S/C22H19ClN4O3/c23-18-8-4-16(5-9-18)13-27-20(29)22(25-21(27)30)10-1-11-26(14-22)19(28)17-6-2-15(12-24)3-7-17/h2-9H,1,10-11,13-14H2,(H,25,30)/t22-/m1/s1. The van der Waals surface area contributed by atoms with Crippen molar-refractivity contribution in [1.82, 2.24) is 15.1 Å². The van der Waals surface area contributed by atoms with Crippen molar-refractivity contribution < 1.29 is 14.4 Å². The van der Waals surface area contributed by atoms with Gasteiger partial charge in [0.15, 0.2) is 0 Å². The van der Waals surface area contributed by atoms with Crippen LogP contribution in [0.15, 0.2) is 48.5 Å². The van der Waals surface area contributed by atoms with E-state index in [0.29, 0.717) is 35.5 Å². The SMILES string of the molecule is N#Cc1ccc(C(=O)N2CCC[C@]3(C2)NC(=O)N(Cc2ccc(Cl)cc2)C3=O)cc1. The summed E-state index contributed by atoms with van der Waals surface area (Å²) >= 11 is 5.90. The van der Waals surface area contributed by atoms with Gasteiger partial charge in [0.2, 0.25) is 0 Å². The Balaban J connectivity index is 1.51. The molecule has 1 N–H and O–H groups in total. The average Bonchev–Trinajstić information content (AvgIpc) is 2.98. The van der Waals surface area contributed by atoms with Crippen LogP contribution in [0.25, 0.3) is 0 Å². The number of urea groups is 1. The molecule has 8 heteroatoms. The summed E-state index contributed by atoms with van der Waals surface area (Å²) in [7, 11) is 0. The van der Waals surface area contributed by atoms with Gasteiger partial charge in [-0.1, -0.05) is 23.7 Å². The topological polar surface area (TPSA) is 93.5 Å². The molecule has 0 radical (unpaired) electrons. The maximum Gasteiger partial charge on any atom is 0.325 e. The quantitative estimate of drug-likeness (QED) is 0.769. The second-order valence-electron chi connectivity index (χ2n) is 7.55. The van der Waals surface area contributed by atoms with E-state index < -0.39 is 11.6 Å². The molecule has 4 rings (SSSR count). The summed E-state index contributed by atoms with van der Waals surface area (Å²) in [4.78, 5) is 41.5. The second kappa shape index (κ2) is 7.81. The van der Waals surface area contributed by atoms with Crippen LogP contribution >= 0.6 is 11.6 Å². The Morgan fingerprint density at radius 1 is 1.13 bits per heavy atom. The maximum absolute atomic E-state index is 13.2. The van der Waals surface area contributed by atoms with Crippen LogP contribution in [-0.4, -0.2) is 46.3 Å². The molecule has 0 unspecified atom stereocenters. The van der Waals surface area contributed by atoms with E-state index in [1.165, 1.54) is 4.90 Å². The van der Waals surface area contributed by atoms with Crippen LogP contribution in [-0.2, 0) is 11.3 Å². The van der Waals surface area contributed by atoms with Gasteiger partial charge in [0.05, 0.1) is 24.7 Å². The molecule has 2 fully saturated rings. The molecular formula is C22H19ClN4O3. The van der Waals surface area contributed by atoms with Gasteiger partial charge in [-0.05, 0) is 54.8 Å². The number of carbonyl (C=O) groups excluding carboxylic acids is 3. The minimum absolute atomic E-state index is 0.119. The molecule has 7 nitrogen and oxygen atoms in total. The summed E-state index contributed by atoms with van der Waals surface area (Å²) in [6.45, 7) is 0.765. The predicted molar refractivity (Wildman–Crippen MR) is 110 cm³/mol. The summed E-state index contributed by atoms with van der Waals surface area (Å²) in [5.41, 5.74) is 0.601. The van der Waals surface area contributed by atoms with Gasteiger partial charge >= 0.3 is 6.03 Å². The summed E-state index contributed by atoms with van der Waals surface area (Å²) in [5.74, 6) is -0.545. The highest BCUT2D eigenvalue weighted by Crippen LogP contribution is 2.30. The van der Waals surface area contributed by atoms with Gasteiger partial charge in [0.1, 0.15) is 5.54 Å². The highest BCUT2D eigenvalue weighted by atomic mass is 35.5. The molecule has 1 spiro atoms. The molecular weight excluding hydrogens is 404 g/mol. The Morgan fingerprint density at radius 3 is 2.50 bits per heavy atom. The van der Waals surface area contributed by atoms with Gasteiger partial charge in [-0.3, -0.25) is 14.5 Å². The molecule has 152 valence electrons. The fourth-order valence-corrected chi connectivity index (χ4v) is 4.09. The van der Waals surface area contributed by atoms with Crippen LogP contribution in [0.2, 0.25) is 5.02 Å². The number of nitriles is 1. The van der Waals surface area contributed by atoms with Crippen molar-refractivity contribution >= 4 is 29.4 Å². The molecule has 0 bridgehead atoms. The third-order valence-corrected chi connectivity index (χ3v) is 5.79. The third kappa shape index (κ3) is 3.62. The van der Waals surface area contributed by atoms with Gasteiger partial charge in [0, 0.05) is 17.1 Å². The highest BCUT2D eigenvalue weighted by molar-refractivity contribution is 6.30. The summed E-state index contributed by atoms with van der Waals surface area (Å²) in [5, 5.41) is 12.3. The van der Waals surface area contributed by atoms with Crippen molar-refractivity contribution in [2.75, 3.05) is 13.1 Å². The number of hydrogen-bond donors (Lipinski definition) is 1. The first-order valence-corrected chi connectivity index (χ1v) is 9.98. The number of nitrogens with one attached hydrogen (secondary N) is 1. The molecule has 2 aliphatic rings. The molecule has 0 aromatic heterocycles. The van der Waals surface area contributed by atoms with Gasteiger partial charge in [-0.2, -0.15) is 5.26 Å². The summed E-state index contributed by atoms with van der Waals surface area (Å²) in [6, 6.07) is 14.9. The van der Waals surface area contributed by atoms with Crippen LogP contribution in [0.3, 0.4) is 0 Å². The second-order valence-corrected chi connectivity index (χ2v) is 7.99. The highest BCUT2D eigenvalue weighted by Gasteiger charge is 2.53. The first-order chi connectivity index (χ1) is 14.4. The lowest BCUT2D eigenvalue weighted by atomic mass is 9.88. The lowest BCUT2D eigenvalue weighted by Crippen LogP contribution is -2.59. The number of imide groups is 1. The number of halogens is 1. The first-order valence-electron chi connectivity index (χ1n) is 9.60. The summed E-state index contributed by atoms with van der Waals surface area (Å²) < 4.78 is 0. The van der Waals surface area contributed by atoms with Crippen LogP contribution < -0.4 is 5.32 Å². The normalized spacial score (nSPS) is 20.9. The first kappa shape index (κ1) is 19.9. The largest absolute Gasteiger partial charge is 0.336 e. The van der Waals surface area contributed by atoms with E-state index in [1.807, 2.05) is 6.07 Å². The van der Waals surface area contributed by atoms with Crippen molar-refractivity contribution in [3.05, 3.63) is 70.2 Å². The molecule has 0 saturated carbocycles. The van der Waals surface area contributed by atoms with Crippen LogP contribution in [0.4, 0.5) is 4.79 Å². The molecule has 4 amide bonds. The van der Waals surface area contributed by atoms with Crippen molar-refractivity contribution in [3.63, 3.8) is 0 Å². The predicted octanol–water partition coefficient (Wildman–Crippen LogP) is 2.94. The van der Waals surface area contributed by atoms with Crippen molar-refractivity contribution in [3.8, 4) is 6.07 Å². The van der Waals surface area contributed by atoms with Crippen LogP contribution in [0, 0.1) is 11.3 Å². The van der Waals surface area contributed by atoms with Crippen LogP contribution in [0.1, 0.15) is 34.3 Å². The number of hydrogen-bond acceptors (Lipinski definition) is 4. The fraction of sp³-hybridized carbons (Fsp3) is 0.273. The zero-order chi connectivity index (χ0) is 21.3. The van der Waals surface area contributed by atoms with E-state index in [1.54, 1.807) is 53.4 Å². The lowest BCUT2D eigenvalue weighted by molar-refractivity contribution is -0.133.